The first-order chi connectivity index (χ1) is 8.17. The molecular formula is C13H15BrClFO. The molecule has 1 aromatic carbocycles. The van der Waals surface area contributed by atoms with E-state index in [4.69, 9.17) is 16.3 Å². The Labute approximate surface area is 114 Å². The third-order valence-corrected chi connectivity index (χ3v) is 4.77. The second-order valence-electron chi connectivity index (χ2n) is 4.68. The summed E-state index contributed by atoms with van der Waals surface area (Å²) < 4.78 is 19.4. The molecule has 0 aromatic heterocycles. The highest BCUT2D eigenvalue weighted by Gasteiger charge is 2.33. The lowest BCUT2D eigenvalue weighted by molar-refractivity contribution is 0.00578. The number of rotatable bonds is 3. The van der Waals surface area contributed by atoms with Crippen LogP contribution in [0.25, 0.3) is 0 Å². The van der Waals surface area contributed by atoms with Crippen molar-refractivity contribution in [2.75, 3.05) is 18.5 Å². The normalized spacial score (nSPS) is 24.9. The van der Waals surface area contributed by atoms with E-state index in [1.54, 1.807) is 18.2 Å². The Morgan fingerprint density at radius 2 is 2.29 bits per heavy atom. The van der Waals surface area contributed by atoms with E-state index in [0.717, 1.165) is 24.8 Å². The third kappa shape index (κ3) is 3.01. The zero-order valence-electron chi connectivity index (χ0n) is 9.52. The second kappa shape index (κ2) is 5.68. The molecular weight excluding hydrogens is 306 g/mol. The van der Waals surface area contributed by atoms with Gasteiger partial charge in [-0.2, -0.15) is 0 Å². The average molecular weight is 322 g/mol. The maximum atomic E-state index is 13.9. The molecule has 1 atom stereocenters. The highest BCUT2D eigenvalue weighted by Crippen LogP contribution is 2.35. The van der Waals surface area contributed by atoms with Crippen LogP contribution in [0, 0.1) is 11.2 Å². The smallest absolute Gasteiger partial charge is 0.144 e. The van der Waals surface area contributed by atoms with Crippen molar-refractivity contribution < 1.29 is 9.13 Å². The van der Waals surface area contributed by atoms with E-state index in [1.165, 1.54) is 0 Å². The summed E-state index contributed by atoms with van der Waals surface area (Å²) in [5.74, 6) is -0.292. The van der Waals surface area contributed by atoms with Crippen molar-refractivity contribution in [3.8, 4) is 0 Å². The van der Waals surface area contributed by atoms with Gasteiger partial charge in [-0.25, -0.2) is 4.39 Å². The average Bonchev–Trinajstić information content (AvgIpc) is 2.36. The molecule has 1 nitrogen and oxygen atoms in total. The number of halogens is 3. The lowest BCUT2D eigenvalue weighted by Gasteiger charge is -2.35. The maximum Gasteiger partial charge on any atom is 0.144 e. The quantitative estimate of drug-likeness (QED) is 0.758. The number of alkyl halides is 1. The highest BCUT2D eigenvalue weighted by atomic mass is 79.9. The van der Waals surface area contributed by atoms with Crippen molar-refractivity contribution in [3.05, 3.63) is 34.6 Å². The van der Waals surface area contributed by atoms with Gasteiger partial charge >= 0.3 is 0 Å². The molecule has 1 unspecified atom stereocenters. The van der Waals surface area contributed by atoms with Gasteiger partial charge in [-0.15, -0.1) is 0 Å². The van der Waals surface area contributed by atoms with Gasteiger partial charge in [0.25, 0.3) is 0 Å². The van der Waals surface area contributed by atoms with Crippen LogP contribution in [0.4, 0.5) is 4.39 Å². The van der Waals surface area contributed by atoms with Gasteiger partial charge in [0.05, 0.1) is 11.6 Å². The molecule has 0 aliphatic carbocycles. The fraction of sp³-hybridized carbons (Fsp3) is 0.538. The minimum atomic E-state index is -0.292. The van der Waals surface area contributed by atoms with Crippen LogP contribution in [0.15, 0.2) is 18.2 Å². The molecule has 1 fully saturated rings. The number of hydrogen-bond acceptors (Lipinski definition) is 1. The molecule has 1 saturated heterocycles. The van der Waals surface area contributed by atoms with Crippen molar-refractivity contribution in [2.45, 2.75) is 19.3 Å². The van der Waals surface area contributed by atoms with Crippen molar-refractivity contribution in [1.82, 2.24) is 0 Å². The third-order valence-electron chi connectivity index (χ3n) is 3.28. The number of hydrogen-bond donors (Lipinski definition) is 0. The Morgan fingerprint density at radius 3 is 2.94 bits per heavy atom. The molecule has 0 saturated carbocycles. The molecule has 0 amide bonds. The minimum Gasteiger partial charge on any atom is -0.381 e. The van der Waals surface area contributed by atoms with Crippen LogP contribution in [0.1, 0.15) is 18.4 Å². The molecule has 1 aromatic rings. The summed E-state index contributed by atoms with van der Waals surface area (Å²) in [7, 11) is 0. The summed E-state index contributed by atoms with van der Waals surface area (Å²) >= 11 is 9.34. The van der Waals surface area contributed by atoms with E-state index in [2.05, 4.69) is 15.9 Å². The van der Waals surface area contributed by atoms with Gasteiger partial charge in [0, 0.05) is 17.4 Å². The van der Waals surface area contributed by atoms with E-state index in [1.807, 2.05) is 0 Å². The molecule has 0 spiro atoms. The van der Waals surface area contributed by atoms with E-state index in [0.29, 0.717) is 18.6 Å². The van der Waals surface area contributed by atoms with Crippen LogP contribution < -0.4 is 0 Å². The molecule has 2 rings (SSSR count). The van der Waals surface area contributed by atoms with Crippen LogP contribution in [0.3, 0.4) is 0 Å². The maximum absolute atomic E-state index is 13.9. The molecule has 4 heteroatoms. The van der Waals surface area contributed by atoms with Gasteiger partial charge in [0.15, 0.2) is 0 Å². The Bertz CT molecular complexity index is 391. The largest absolute Gasteiger partial charge is 0.381 e. The van der Waals surface area contributed by atoms with E-state index in [9.17, 15) is 4.39 Å². The Kier molecular flexibility index (Phi) is 4.45. The topological polar surface area (TPSA) is 9.23 Å². The monoisotopic (exact) mass is 320 g/mol. The first kappa shape index (κ1) is 13.3. The van der Waals surface area contributed by atoms with Crippen LogP contribution >= 0.6 is 27.5 Å². The Balaban J connectivity index is 2.20. The zero-order valence-corrected chi connectivity index (χ0v) is 11.9. The predicted molar refractivity (Wildman–Crippen MR) is 71.4 cm³/mol. The van der Waals surface area contributed by atoms with Crippen molar-refractivity contribution in [2.24, 2.45) is 5.41 Å². The van der Waals surface area contributed by atoms with E-state index >= 15 is 0 Å². The highest BCUT2D eigenvalue weighted by molar-refractivity contribution is 9.09. The van der Waals surface area contributed by atoms with Crippen molar-refractivity contribution in [1.29, 1.82) is 0 Å². The van der Waals surface area contributed by atoms with Gasteiger partial charge in [0.2, 0.25) is 0 Å². The molecule has 0 N–H and O–H groups in total. The Hall–Kier alpha value is -0.120. The van der Waals surface area contributed by atoms with E-state index in [-0.39, 0.29) is 16.3 Å². The molecule has 94 valence electrons. The fourth-order valence-electron chi connectivity index (χ4n) is 2.29. The standard InChI is InChI=1S/C13H15BrClFO/c14-8-13(5-2-6-17-9-13)7-10-3-1-4-11(15)12(10)16/h1,3-4H,2,5-9H2. The first-order valence-electron chi connectivity index (χ1n) is 5.73. The minimum absolute atomic E-state index is 0.00374. The SMILES string of the molecule is Fc1c(Cl)cccc1CC1(CBr)CCCOC1. The Morgan fingerprint density at radius 1 is 1.47 bits per heavy atom. The summed E-state index contributed by atoms with van der Waals surface area (Å²) in [4.78, 5) is 0. The molecule has 1 heterocycles. The molecule has 0 bridgehead atoms. The number of benzene rings is 1. The summed E-state index contributed by atoms with van der Waals surface area (Å²) in [6.07, 6.45) is 2.77. The van der Waals surface area contributed by atoms with Crippen molar-refractivity contribution in [3.63, 3.8) is 0 Å². The summed E-state index contributed by atoms with van der Waals surface area (Å²) in [6.45, 7) is 1.50. The van der Waals surface area contributed by atoms with Gasteiger partial charge in [-0.1, -0.05) is 39.7 Å². The van der Waals surface area contributed by atoms with Gasteiger partial charge in [0.1, 0.15) is 5.82 Å². The lowest BCUT2D eigenvalue weighted by atomic mass is 9.79. The summed E-state index contributed by atoms with van der Waals surface area (Å²) in [5, 5.41) is 1.02. The molecule has 1 aliphatic heterocycles. The van der Waals surface area contributed by atoms with Crippen LogP contribution in [-0.2, 0) is 11.2 Å². The lowest BCUT2D eigenvalue weighted by Crippen LogP contribution is -2.35. The molecule has 1 aliphatic rings. The van der Waals surface area contributed by atoms with Crippen LogP contribution in [0.5, 0.6) is 0 Å². The van der Waals surface area contributed by atoms with Crippen LogP contribution in [-0.4, -0.2) is 18.5 Å². The first-order valence-corrected chi connectivity index (χ1v) is 7.23. The fourth-order valence-corrected chi connectivity index (χ4v) is 3.13. The van der Waals surface area contributed by atoms with Gasteiger partial charge < -0.3 is 4.74 Å². The zero-order chi connectivity index (χ0) is 12.3. The predicted octanol–water partition coefficient (Wildman–Crippen LogP) is 4.21. The molecule has 0 radical (unpaired) electrons. The second-order valence-corrected chi connectivity index (χ2v) is 5.65. The van der Waals surface area contributed by atoms with E-state index < -0.39 is 0 Å². The van der Waals surface area contributed by atoms with Gasteiger partial charge in [-0.05, 0) is 30.9 Å². The van der Waals surface area contributed by atoms with Gasteiger partial charge in [-0.3, -0.25) is 0 Å². The molecule has 17 heavy (non-hydrogen) atoms. The summed E-state index contributed by atoms with van der Waals surface area (Å²) in [5.41, 5.74) is 0.687. The number of ether oxygens (including phenoxy) is 1. The summed E-state index contributed by atoms with van der Waals surface area (Å²) in [6, 6.07) is 5.19. The van der Waals surface area contributed by atoms with Crippen molar-refractivity contribution >= 4 is 27.5 Å². The van der Waals surface area contributed by atoms with Crippen LogP contribution in [0.2, 0.25) is 5.02 Å².